The van der Waals surface area contributed by atoms with E-state index < -0.39 is 84.2 Å². The summed E-state index contributed by atoms with van der Waals surface area (Å²) >= 11 is 0. The van der Waals surface area contributed by atoms with Crippen molar-refractivity contribution < 1.29 is 33.5 Å². The number of nitrogens with two attached hydrogens (primary N) is 1. The molecule has 7 N–H and O–H groups in total. The second-order valence-electron chi connectivity index (χ2n) is 12.2. The predicted molar refractivity (Wildman–Crippen MR) is 152 cm³/mol. The first-order chi connectivity index (χ1) is 19.7. The van der Waals surface area contributed by atoms with Crippen molar-refractivity contribution in [1.82, 2.24) is 31.5 Å². The molecule has 0 aliphatic carbocycles. The highest BCUT2D eigenvalue weighted by molar-refractivity contribution is 5.98. The third kappa shape index (κ3) is 8.66. The lowest BCUT2D eigenvalue weighted by atomic mass is 9.86. The number of fused-ring (bicyclic) bond motifs is 1. The lowest BCUT2D eigenvalue weighted by Crippen LogP contribution is -2.65. The first-order valence-corrected chi connectivity index (χ1v) is 14.5. The fraction of sp³-hybridized carbons (Fsp3) is 0.714. The molecular formula is C28H45N7O7. The van der Waals surface area contributed by atoms with Crippen LogP contribution in [0.25, 0.3) is 0 Å². The summed E-state index contributed by atoms with van der Waals surface area (Å²) < 4.78 is 5.34. The Morgan fingerprint density at radius 2 is 1.76 bits per heavy atom. The maximum atomic E-state index is 13.8. The largest absolute Gasteiger partial charge is 0.460 e. The normalized spacial score (nSPS) is 28.9. The van der Waals surface area contributed by atoms with E-state index >= 15 is 0 Å². The summed E-state index contributed by atoms with van der Waals surface area (Å²) in [6.45, 7) is 10.7. The fourth-order valence-corrected chi connectivity index (χ4v) is 5.66. The van der Waals surface area contributed by atoms with Crippen LogP contribution in [0.1, 0.15) is 66.2 Å². The summed E-state index contributed by atoms with van der Waals surface area (Å²) in [6.07, 6.45) is 1.73. The Kier molecular flexibility index (Phi) is 10.9. The summed E-state index contributed by atoms with van der Waals surface area (Å²) in [7, 11) is 0. The molecule has 0 aromatic heterocycles. The zero-order valence-corrected chi connectivity index (χ0v) is 24.9. The minimum atomic E-state index is -1.38. The van der Waals surface area contributed by atoms with Gasteiger partial charge in [0.15, 0.2) is 0 Å². The van der Waals surface area contributed by atoms with E-state index in [0.29, 0.717) is 32.2 Å². The van der Waals surface area contributed by atoms with Crippen molar-refractivity contribution in [2.75, 3.05) is 19.6 Å². The van der Waals surface area contributed by atoms with Gasteiger partial charge >= 0.3 is 5.97 Å². The highest BCUT2D eigenvalue weighted by atomic mass is 16.6. The van der Waals surface area contributed by atoms with Gasteiger partial charge in [0.25, 0.3) is 0 Å². The highest BCUT2D eigenvalue weighted by Crippen LogP contribution is 2.35. The molecule has 0 radical (unpaired) electrons. The number of amides is 5. The van der Waals surface area contributed by atoms with Gasteiger partial charge in [0, 0.05) is 24.2 Å². The molecule has 3 aliphatic heterocycles. The fourth-order valence-electron chi connectivity index (χ4n) is 5.66. The van der Waals surface area contributed by atoms with Crippen LogP contribution in [0.15, 0.2) is 12.3 Å². The summed E-state index contributed by atoms with van der Waals surface area (Å²) in [5, 5.41) is 13.5. The molecule has 3 fully saturated rings. The van der Waals surface area contributed by atoms with Crippen molar-refractivity contribution in [3.8, 4) is 0 Å². The van der Waals surface area contributed by atoms with Crippen molar-refractivity contribution in [1.29, 1.82) is 0 Å². The third-order valence-electron chi connectivity index (χ3n) is 7.57. The van der Waals surface area contributed by atoms with Gasteiger partial charge in [-0.2, -0.15) is 0 Å². The second kappa shape index (κ2) is 14.0. The van der Waals surface area contributed by atoms with Crippen molar-refractivity contribution >= 4 is 35.5 Å². The number of carbonyl (C=O) groups is 6. The second-order valence-corrected chi connectivity index (χ2v) is 12.2. The number of nitrogens with one attached hydrogen (secondary N) is 5. The van der Waals surface area contributed by atoms with Gasteiger partial charge in [0.2, 0.25) is 29.5 Å². The zero-order chi connectivity index (χ0) is 31.2. The van der Waals surface area contributed by atoms with Gasteiger partial charge in [-0.05, 0) is 66.3 Å². The third-order valence-corrected chi connectivity index (χ3v) is 7.57. The number of rotatable bonds is 8. The maximum Gasteiger partial charge on any atom is 0.308 e. The van der Waals surface area contributed by atoms with Crippen molar-refractivity contribution in [2.45, 2.75) is 102 Å². The number of esters is 1. The minimum Gasteiger partial charge on any atom is -0.460 e. The molecule has 1 unspecified atom stereocenters. The molecule has 0 saturated carbocycles. The van der Waals surface area contributed by atoms with Gasteiger partial charge in [-0.25, -0.2) is 0 Å². The summed E-state index contributed by atoms with van der Waals surface area (Å²) in [5.41, 5.74) is 5.93. The van der Waals surface area contributed by atoms with Crippen LogP contribution in [0.2, 0.25) is 0 Å². The van der Waals surface area contributed by atoms with E-state index in [9.17, 15) is 28.8 Å². The van der Waals surface area contributed by atoms with Crippen LogP contribution in [-0.2, 0) is 33.5 Å². The number of allylic oxidation sites excluding steroid dienone is 1. The van der Waals surface area contributed by atoms with Gasteiger partial charge in [-0.15, -0.1) is 0 Å². The van der Waals surface area contributed by atoms with Crippen LogP contribution >= 0.6 is 0 Å². The Morgan fingerprint density at radius 1 is 1.05 bits per heavy atom. The van der Waals surface area contributed by atoms with E-state index in [1.54, 1.807) is 20.8 Å². The van der Waals surface area contributed by atoms with Gasteiger partial charge in [-0.3, -0.25) is 28.8 Å². The maximum absolute atomic E-state index is 13.8. The molecule has 0 spiro atoms. The number of piperidine rings is 1. The lowest BCUT2D eigenvalue weighted by molar-refractivity contribution is -0.157. The zero-order valence-electron chi connectivity index (χ0n) is 24.9. The molecule has 3 heterocycles. The molecule has 3 rings (SSSR count). The van der Waals surface area contributed by atoms with Crippen molar-refractivity contribution in [2.24, 2.45) is 11.7 Å². The standard InChI is InChI=1S/C28H45N7O7/c1-15(2)30-10-6-7-18-24(38)31-14-21(36)32-19(12-22(37)42-28(3,4)5)25(39)34-23-16(13-29)11-17-8-9-20(26(40)33-18)35(17)27(23)41/h16-20,23,30H,1,6-14,29H2,2-5H3,(H,31,38)(H,32,36)(H,33,40)(H,34,39)/t16?,17-,18-,19-,20-,23+/m0/s1. The molecule has 0 aromatic rings. The van der Waals surface area contributed by atoms with E-state index in [1.165, 1.54) is 4.90 Å². The topological polar surface area (TPSA) is 201 Å². The Labute approximate surface area is 246 Å². The number of hydrogen-bond donors (Lipinski definition) is 6. The van der Waals surface area contributed by atoms with Crippen molar-refractivity contribution in [3.63, 3.8) is 0 Å². The molecule has 3 saturated heterocycles. The predicted octanol–water partition coefficient (Wildman–Crippen LogP) is -1.46. The van der Waals surface area contributed by atoms with Gasteiger partial charge in [-0.1, -0.05) is 6.58 Å². The van der Waals surface area contributed by atoms with Crippen molar-refractivity contribution in [3.05, 3.63) is 12.3 Å². The first-order valence-electron chi connectivity index (χ1n) is 14.5. The molecule has 6 atom stereocenters. The van der Waals surface area contributed by atoms with Crippen LogP contribution in [0.5, 0.6) is 0 Å². The van der Waals surface area contributed by atoms with E-state index in [0.717, 1.165) is 5.70 Å². The van der Waals surface area contributed by atoms with Crippen LogP contribution in [0.4, 0.5) is 0 Å². The van der Waals surface area contributed by atoms with Gasteiger partial charge in [0.1, 0.15) is 29.8 Å². The van der Waals surface area contributed by atoms with E-state index in [2.05, 4.69) is 33.2 Å². The first kappa shape index (κ1) is 32.8. The average Bonchev–Trinajstić information content (AvgIpc) is 3.32. The average molecular weight is 592 g/mol. The van der Waals surface area contributed by atoms with Gasteiger partial charge in [0.05, 0.1) is 13.0 Å². The molecule has 14 heteroatoms. The molecular weight excluding hydrogens is 546 g/mol. The summed E-state index contributed by atoms with van der Waals surface area (Å²) in [6, 6.07) is -4.47. The molecule has 2 bridgehead atoms. The molecule has 3 aliphatic rings. The molecule has 0 aromatic carbocycles. The smallest absolute Gasteiger partial charge is 0.308 e. The summed E-state index contributed by atoms with van der Waals surface area (Å²) in [4.78, 5) is 80.8. The molecule has 234 valence electrons. The SMILES string of the molecule is C=C(C)NCCC[C@@H]1NC(=O)[C@@H]2CC[C@H]3CC(CN)[C@@H](NC(=O)[C@H](CC(=O)OC(C)(C)C)NC(=O)CNC1=O)C(=O)N32. The Balaban J connectivity index is 1.91. The molecule has 5 amide bonds. The number of ether oxygens (including phenoxy) is 1. The van der Waals surface area contributed by atoms with Gasteiger partial charge < -0.3 is 42.0 Å². The van der Waals surface area contributed by atoms with E-state index in [-0.39, 0.29) is 19.0 Å². The molecule has 14 nitrogen and oxygen atoms in total. The monoisotopic (exact) mass is 591 g/mol. The lowest BCUT2D eigenvalue weighted by Gasteiger charge is -2.42. The van der Waals surface area contributed by atoms with Crippen LogP contribution < -0.4 is 32.3 Å². The Morgan fingerprint density at radius 3 is 2.40 bits per heavy atom. The van der Waals surface area contributed by atoms with E-state index in [1.807, 2.05) is 6.92 Å². The minimum absolute atomic E-state index is 0.111. The number of carbonyl (C=O) groups excluding carboxylic acids is 6. The summed E-state index contributed by atoms with van der Waals surface area (Å²) in [5.74, 6) is -4.16. The van der Waals surface area contributed by atoms with E-state index in [4.69, 9.17) is 10.5 Å². The quantitative estimate of drug-likeness (QED) is 0.144. The van der Waals surface area contributed by atoms with Crippen LogP contribution in [0.3, 0.4) is 0 Å². The Hall–Kier alpha value is -3.68. The molecule has 42 heavy (non-hydrogen) atoms. The number of hydrogen-bond acceptors (Lipinski definition) is 9. The van der Waals surface area contributed by atoms with Crippen LogP contribution in [-0.4, -0.2) is 95.8 Å². The Bertz CT molecular complexity index is 1090. The highest BCUT2D eigenvalue weighted by Gasteiger charge is 2.50. The number of nitrogens with zero attached hydrogens (tertiary/aromatic N) is 1. The van der Waals surface area contributed by atoms with Crippen LogP contribution in [0, 0.1) is 5.92 Å².